The van der Waals surface area contributed by atoms with E-state index in [9.17, 15) is 4.79 Å². The van der Waals surface area contributed by atoms with Crippen molar-refractivity contribution in [2.24, 2.45) is 0 Å². The van der Waals surface area contributed by atoms with E-state index in [1.165, 1.54) is 0 Å². The van der Waals surface area contributed by atoms with Crippen molar-refractivity contribution in [2.75, 3.05) is 7.11 Å². The van der Waals surface area contributed by atoms with Crippen molar-refractivity contribution in [3.05, 3.63) is 41.7 Å². The fourth-order valence-corrected chi connectivity index (χ4v) is 2.28. The summed E-state index contributed by atoms with van der Waals surface area (Å²) in [5.74, 6) is 1.55. The summed E-state index contributed by atoms with van der Waals surface area (Å²) in [6, 6.07) is 7.71. The molecule has 1 aromatic carbocycles. The van der Waals surface area contributed by atoms with Gasteiger partial charge in [0.1, 0.15) is 17.1 Å². The number of ether oxygens (including phenoxy) is 2. The second kappa shape index (κ2) is 5.80. The summed E-state index contributed by atoms with van der Waals surface area (Å²) in [4.78, 5) is 14.0. The molecule has 0 bridgehead atoms. The molecule has 4 nitrogen and oxygen atoms in total. The predicted molar refractivity (Wildman–Crippen MR) is 81.9 cm³/mol. The van der Waals surface area contributed by atoms with Crippen molar-refractivity contribution in [2.45, 2.75) is 45.9 Å². The first-order chi connectivity index (χ1) is 9.80. The number of benzene rings is 1. The average molecular weight is 289 g/mol. The van der Waals surface area contributed by atoms with Crippen LogP contribution < -0.4 is 4.74 Å². The maximum absolute atomic E-state index is 12.2. The minimum absolute atomic E-state index is 0.00225. The van der Waals surface area contributed by atoms with Gasteiger partial charge < -0.3 is 14.4 Å². The molecule has 0 aromatic heterocycles. The van der Waals surface area contributed by atoms with Crippen LogP contribution >= 0.6 is 0 Å². The highest BCUT2D eigenvalue weighted by Gasteiger charge is 2.32. The minimum Gasteiger partial charge on any atom is -0.497 e. The van der Waals surface area contributed by atoms with E-state index >= 15 is 0 Å². The molecule has 0 N–H and O–H groups in total. The van der Waals surface area contributed by atoms with Crippen molar-refractivity contribution in [1.29, 1.82) is 0 Å². The number of hydrogen-bond acceptors (Lipinski definition) is 3. The summed E-state index contributed by atoms with van der Waals surface area (Å²) in [5, 5.41) is 0. The molecule has 21 heavy (non-hydrogen) atoms. The third-order valence-corrected chi connectivity index (χ3v) is 3.36. The Labute approximate surface area is 126 Å². The first-order valence-electron chi connectivity index (χ1n) is 7.14. The zero-order valence-electron chi connectivity index (χ0n) is 13.3. The molecule has 114 valence electrons. The van der Waals surface area contributed by atoms with Crippen LogP contribution in [0.1, 0.15) is 33.3 Å². The standard InChI is InChI=1S/C17H23NO3/c1-12-15(21-17(2,3)4)10-16(19)18(12)11-13-6-8-14(20-5)9-7-13/h6-10,12H,11H2,1-5H3/t12-/m0/s1. The maximum Gasteiger partial charge on any atom is 0.250 e. The van der Waals surface area contributed by atoms with Crippen LogP contribution in [0.25, 0.3) is 0 Å². The Balaban J connectivity index is 2.06. The van der Waals surface area contributed by atoms with E-state index in [2.05, 4.69) is 0 Å². The van der Waals surface area contributed by atoms with Gasteiger partial charge in [0.15, 0.2) is 0 Å². The first-order valence-corrected chi connectivity index (χ1v) is 7.14. The normalized spacial score (nSPS) is 18.7. The summed E-state index contributed by atoms with van der Waals surface area (Å²) in [6.45, 7) is 8.51. The molecule has 0 saturated heterocycles. The fraction of sp³-hybridized carbons (Fsp3) is 0.471. The summed E-state index contributed by atoms with van der Waals surface area (Å²) in [6.07, 6.45) is 1.60. The molecule has 1 aliphatic heterocycles. The van der Waals surface area contributed by atoms with Crippen LogP contribution in [0.5, 0.6) is 5.75 Å². The van der Waals surface area contributed by atoms with Gasteiger partial charge in [-0.25, -0.2) is 0 Å². The van der Waals surface area contributed by atoms with Gasteiger partial charge >= 0.3 is 0 Å². The lowest BCUT2D eigenvalue weighted by Gasteiger charge is -2.28. The Morgan fingerprint density at radius 2 is 1.81 bits per heavy atom. The van der Waals surface area contributed by atoms with Crippen LogP contribution in [-0.4, -0.2) is 29.6 Å². The van der Waals surface area contributed by atoms with Crippen molar-refractivity contribution in [1.82, 2.24) is 4.90 Å². The number of methoxy groups -OCH3 is 1. The van der Waals surface area contributed by atoms with Crippen molar-refractivity contribution in [3.8, 4) is 5.75 Å². The van der Waals surface area contributed by atoms with Gasteiger partial charge in [-0.3, -0.25) is 4.79 Å². The molecule has 0 spiro atoms. The SMILES string of the molecule is COc1ccc(CN2C(=O)C=C(OC(C)(C)C)[C@@H]2C)cc1. The number of hydrogen-bond donors (Lipinski definition) is 0. The maximum atomic E-state index is 12.2. The highest BCUT2D eigenvalue weighted by molar-refractivity contribution is 5.91. The highest BCUT2D eigenvalue weighted by Crippen LogP contribution is 2.27. The topological polar surface area (TPSA) is 38.8 Å². The first kappa shape index (κ1) is 15.4. The van der Waals surface area contributed by atoms with Crippen molar-refractivity contribution >= 4 is 5.91 Å². The number of amides is 1. The Morgan fingerprint density at radius 3 is 2.33 bits per heavy atom. The van der Waals surface area contributed by atoms with Gasteiger partial charge in [0.05, 0.1) is 13.2 Å². The summed E-state index contributed by atoms with van der Waals surface area (Å²) >= 11 is 0. The van der Waals surface area contributed by atoms with E-state index in [0.29, 0.717) is 6.54 Å². The summed E-state index contributed by atoms with van der Waals surface area (Å²) in [7, 11) is 1.64. The summed E-state index contributed by atoms with van der Waals surface area (Å²) in [5.41, 5.74) is 0.776. The van der Waals surface area contributed by atoms with Crippen LogP contribution in [0.15, 0.2) is 36.1 Å². The van der Waals surface area contributed by atoms with Crippen LogP contribution in [0, 0.1) is 0 Å². The Morgan fingerprint density at radius 1 is 1.19 bits per heavy atom. The van der Waals surface area contributed by atoms with Crippen LogP contribution in [0.4, 0.5) is 0 Å². The summed E-state index contributed by atoms with van der Waals surface area (Å²) < 4.78 is 11.0. The largest absolute Gasteiger partial charge is 0.497 e. The quantitative estimate of drug-likeness (QED) is 0.855. The van der Waals surface area contributed by atoms with E-state index in [-0.39, 0.29) is 17.6 Å². The highest BCUT2D eigenvalue weighted by atomic mass is 16.5. The fourth-order valence-electron chi connectivity index (χ4n) is 2.28. The van der Waals surface area contributed by atoms with Gasteiger partial charge in [-0.05, 0) is 45.4 Å². The average Bonchev–Trinajstić information content (AvgIpc) is 2.65. The molecule has 0 aliphatic carbocycles. The van der Waals surface area contributed by atoms with Crippen LogP contribution in [0.3, 0.4) is 0 Å². The molecule has 4 heteroatoms. The third kappa shape index (κ3) is 3.78. The van der Waals surface area contributed by atoms with E-state index in [0.717, 1.165) is 17.1 Å². The zero-order valence-corrected chi connectivity index (χ0v) is 13.3. The number of nitrogens with zero attached hydrogens (tertiary/aromatic N) is 1. The number of carbonyl (C=O) groups is 1. The monoisotopic (exact) mass is 289 g/mol. The van der Waals surface area contributed by atoms with Crippen molar-refractivity contribution < 1.29 is 14.3 Å². The van der Waals surface area contributed by atoms with E-state index in [1.54, 1.807) is 13.2 Å². The van der Waals surface area contributed by atoms with Gasteiger partial charge in [-0.2, -0.15) is 0 Å². The Bertz CT molecular complexity index is 540. The molecule has 1 aromatic rings. The molecule has 0 fully saturated rings. The molecule has 1 heterocycles. The van der Waals surface area contributed by atoms with Gasteiger partial charge in [-0.1, -0.05) is 12.1 Å². The molecule has 0 saturated carbocycles. The number of carbonyl (C=O) groups excluding carboxylic acids is 1. The lowest BCUT2D eigenvalue weighted by atomic mass is 10.1. The molecule has 0 radical (unpaired) electrons. The van der Waals surface area contributed by atoms with Crippen molar-refractivity contribution in [3.63, 3.8) is 0 Å². The predicted octanol–water partition coefficient (Wildman–Crippen LogP) is 3.12. The van der Waals surface area contributed by atoms with Gasteiger partial charge in [0, 0.05) is 12.6 Å². The lowest BCUT2D eigenvalue weighted by molar-refractivity contribution is -0.126. The van der Waals surface area contributed by atoms with Gasteiger partial charge in [0.2, 0.25) is 0 Å². The molecular formula is C17H23NO3. The molecule has 0 unspecified atom stereocenters. The van der Waals surface area contributed by atoms with E-state index in [1.807, 2.05) is 56.9 Å². The van der Waals surface area contributed by atoms with E-state index in [4.69, 9.17) is 9.47 Å². The lowest BCUT2D eigenvalue weighted by Crippen LogP contribution is -2.34. The minimum atomic E-state index is -0.295. The van der Waals surface area contributed by atoms with Gasteiger partial charge in [0.25, 0.3) is 5.91 Å². The molecule has 1 aliphatic rings. The molecule has 2 rings (SSSR count). The number of rotatable bonds is 4. The second-order valence-electron chi connectivity index (χ2n) is 6.25. The third-order valence-electron chi connectivity index (χ3n) is 3.36. The van der Waals surface area contributed by atoms with Gasteiger partial charge in [-0.15, -0.1) is 0 Å². The Hall–Kier alpha value is -1.97. The molecular weight excluding hydrogens is 266 g/mol. The molecule has 1 atom stereocenters. The van der Waals surface area contributed by atoms with Crippen LogP contribution in [0.2, 0.25) is 0 Å². The smallest absolute Gasteiger partial charge is 0.250 e. The Kier molecular flexibility index (Phi) is 4.26. The molecule has 1 amide bonds. The zero-order chi connectivity index (χ0) is 15.6. The second-order valence-corrected chi connectivity index (χ2v) is 6.25. The van der Waals surface area contributed by atoms with E-state index < -0.39 is 0 Å². The van der Waals surface area contributed by atoms with Crippen LogP contribution in [-0.2, 0) is 16.1 Å².